The number of hydrogen-bond acceptors (Lipinski definition) is 5. The standard InChI is InChI=1S/C17H22O5/c1-16(2)21-14(19)12(15(20)22-16)13(18)17-6-9-3-10(7-17)5-11(4-9)8-17/h9-12H,3-8H2,1-2H3. The minimum atomic E-state index is -1.37. The van der Waals surface area contributed by atoms with Crippen LogP contribution in [0.4, 0.5) is 0 Å². The molecule has 0 atom stereocenters. The molecule has 5 heteroatoms. The molecular weight excluding hydrogens is 284 g/mol. The van der Waals surface area contributed by atoms with Crippen LogP contribution in [0.5, 0.6) is 0 Å². The van der Waals surface area contributed by atoms with Crippen molar-refractivity contribution in [3.05, 3.63) is 0 Å². The van der Waals surface area contributed by atoms with E-state index in [0.717, 1.165) is 19.3 Å². The summed E-state index contributed by atoms with van der Waals surface area (Å²) in [4.78, 5) is 37.5. The zero-order chi connectivity index (χ0) is 15.7. The van der Waals surface area contributed by atoms with Crippen molar-refractivity contribution in [1.82, 2.24) is 0 Å². The number of carbonyl (C=O) groups is 3. The Labute approximate surface area is 129 Å². The van der Waals surface area contributed by atoms with Crippen molar-refractivity contribution in [3.63, 3.8) is 0 Å². The number of ether oxygens (including phenoxy) is 2. The lowest BCUT2D eigenvalue weighted by atomic mass is 9.47. The molecule has 0 aromatic heterocycles. The molecular formula is C17H22O5. The van der Waals surface area contributed by atoms with Crippen molar-refractivity contribution >= 4 is 17.7 Å². The molecule has 5 fully saturated rings. The number of rotatable bonds is 2. The van der Waals surface area contributed by atoms with Crippen LogP contribution in [0, 0.1) is 29.1 Å². The van der Waals surface area contributed by atoms with Crippen molar-refractivity contribution < 1.29 is 23.9 Å². The topological polar surface area (TPSA) is 69.7 Å². The maximum atomic E-state index is 13.1. The number of hydrogen-bond donors (Lipinski definition) is 0. The Morgan fingerprint density at radius 2 is 1.32 bits per heavy atom. The van der Waals surface area contributed by atoms with Gasteiger partial charge in [0.2, 0.25) is 5.92 Å². The van der Waals surface area contributed by atoms with Gasteiger partial charge in [0.05, 0.1) is 0 Å². The lowest BCUT2D eigenvalue weighted by molar-refractivity contribution is -0.240. The van der Waals surface area contributed by atoms with E-state index in [-0.39, 0.29) is 5.78 Å². The molecule has 5 rings (SSSR count). The highest BCUT2D eigenvalue weighted by atomic mass is 16.7. The quantitative estimate of drug-likeness (QED) is 0.578. The Bertz CT molecular complexity index is 506. The highest BCUT2D eigenvalue weighted by molar-refractivity contribution is 6.17. The largest absolute Gasteiger partial charge is 0.422 e. The summed E-state index contributed by atoms with van der Waals surface area (Å²) in [6.45, 7) is 3.02. The van der Waals surface area contributed by atoms with E-state index in [9.17, 15) is 14.4 Å². The van der Waals surface area contributed by atoms with Crippen molar-refractivity contribution in [2.75, 3.05) is 0 Å². The maximum absolute atomic E-state index is 13.1. The number of cyclic esters (lactones) is 2. The minimum Gasteiger partial charge on any atom is -0.422 e. The summed E-state index contributed by atoms with van der Waals surface area (Å²) < 4.78 is 10.3. The summed E-state index contributed by atoms with van der Waals surface area (Å²) in [6, 6.07) is 0. The molecule has 0 spiro atoms. The molecule has 0 radical (unpaired) electrons. The molecule has 4 bridgehead atoms. The fourth-order valence-corrected chi connectivity index (χ4v) is 5.65. The van der Waals surface area contributed by atoms with E-state index in [1.54, 1.807) is 0 Å². The molecule has 22 heavy (non-hydrogen) atoms. The highest BCUT2D eigenvalue weighted by Crippen LogP contribution is 2.61. The van der Waals surface area contributed by atoms with Gasteiger partial charge in [0, 0.05) is 19.3 Å². The molecule has 1 aliphatic heterocycles. The van der Waals surface area contributed by atoms with Gasteiger partial charge in [0.25, 0.3) is 5.79 Å². The summed E-state index contributed by atoms with van der Waals surface area (Å²) in [6.07, 6.45) is 6.12. The number of Topliss-reactive ketones (excluding diaryl/α,β-unsaturated/α-hetero) is 1. The normalized spacial score (nSPS) is 42.9. The molecule has 0 aromatic carbocycles. The van der Waals surface area contributed by atoms with E-state index in [1.165, 1.54) is 33.1 Å². The van der Waals surface area contributed by atoms with Gasteiger partial charge in [-0.1, -0.05) is 0 Å². The molecule has 1 heterocycles. The van der Waals surface area contributed by atoms with E-state index in [1.807, 2.05) is 0 Å². The molecule has 0 aromatic rings. The van der Waals surface area contributed by atoms with Gasteiger partial charge in [-0.3, -0.25) is 14.4 Å². The van der Waals surface area contributed by atoms with E-state index < -0.39 is 29.1 Å². The Morgan fingerprint density at radius 3 is 1.73 bits per heavy atom. The van der Waals surface area contributed by atoms with Crippen LogP contribution in [-0.2, 0) is 23.9 Å². The summed E-state index contributed by atoms with van der Waals surface area (Å²) in [7, 11) is 0. The van der Waals surface area contributed by atoms with Crippen LogP contribution < -0.4 is 0 Å². The zero-order valence-corrected chi connectivity index (χ0v) is 13.1. The molecule has 5 aliphatic rings. The Hall–Kier alpha value is -1.39. The predicted octanol–water partition coefficient (Wildman–Crippen LogP) is 2.22. The maximum Gasteiger partial charge on any atom is 0.331 e. The average Bonchev–Trinajstić information content (AvgIpc) is 2.34. The Morgan fingerprint density at radius 1 is 0.909 bits per heavy atom. The second kappa shape index (κ2) is 4.33. The van der Waals surface area contributed by atoms with Gasteiger partial charge in [0.1, 0.15) is 0 Å². The Balaban J connectivity index is 1.62. The van der Waals surface area contributed by atoms with Crippen molar-refractivity contribution in [2.24, 2.45) is 29.1 Å². The lowest BCUT2D eigenvalue weighted by Gasteiger charge is -2.56. The first-order valence-electron chi connectivity index (χ1n) is 8.28. The second-order valence-corrected chi connectivity index (χ2v) is 8.24. The lowest BCUT2D eigenvalue weighted by Crippen LogP contribution is -2.57. The first-order valence-corrected chi connectivity index (χ1v) is 8.28. The monoisotopic (exact) mass is 306 g/mol. The number of ketones is 1. The molecule has 4 saturated carbocycles. The van der Waals surface area contributed by atoms with Crippen LogP contribution in [-0.4, -0.2) is 23.5 Å². The Kier molecular flexibility index (Phi) is 2.80. The molecule has 4 aliphatic carbocycles. The zero-order valence-electron chi connectivity index (χ0n) is 13.1. The fraction of sp³-hybridized carbons (Fsp3) is 0.824. The molecule has 120 valence electrons. The summed E-state index contributed by atoms with van der Waals surface area (Å²) in [5.41, 5.74) is -0.487. The van der Waals surface area contributed by atoms with Crippen LogP contribution in [0.3, 0.4) is 0 Å². The van der Waals surface area contributed by atoms with Crippen LogP contribution in [0.2, 0.25) is 0 Å². The number of carbonyl (C=O) groups excluding carboxylic acids is 3. The van der Waals surface area contributed by atoms with Gasteiger partial charge in [-0.2, -0.15) is 0 Å². The molecule has 0 unspecified atom stereocenters. The van der Waals surface area contributed by atoms with E-state index in [0.29, 0.717) is 17.8 Å². The fourth-order valence-electron chi connectivity index (χ4n) is 5.65. The summed E-state index contributed by atoms with van der Waals surface area (Å²) in [5, 5.41) is 0. The third-order valence-corrected chi connectivity index (χ3v) is 5.99. The van der Waals surface area contributed by atoms with Gasteiger partial charge in [-0.05, 0) is 56.3 Å². The summed E-state index contributed by atoms with van der Waals surface area (Å²) >= 11 is 0. The average molecular weight is 306 g/mol. The van der Waals surface area contributed by atoms with Gasteiger partial charge >= 0.3 is 11.9 Å². The van der Waals surface area contributed by atoms with Gasteiger partial charge in [-0.15, -0.1) is 0 Å². The molecule has 1 saturated heterocycles. The third kappa shape index (κ3) is 2.01. The molecule has 0 N–H and O–H groups in total. The van der Waals surface area contributed by atoms with E-state index in [2.05, 4.69) is 0 Å². The number of esters is 2. The van der Waals surface area contributed by atoms with Crippen LogP contribution in [0.1, 0.15) is 52.4 Å². The molecule has 0 amide bonds. The van der Waals surface area contributed by atoms with Crippen LogP contribution in [0.15, 0.2) is 0 Å². The van der Waals surface area contributed by atoms with E-state index in [4.69, 9.17) is 9.47 Å². The summed E-state index contributed by atoms with van der Waals surface area (Å²) in [5.74, 6) is -2.59. The second-order valence-electron chi connectivity index (χ2n) is 8.24. The van der Waals surface area contributed by atoms with Gasteiger partial charge in [-0.25, -0.2) is 0 Å². The molecule has 5 nitrogen and oxygen atoms in total. The van der Waals surface area contributed by atoms with Crippen LogP contribution >= 0.6 is 0 Å². The smallest absolute Gasteiger partial charge is 0.331 e. The highest BCUT2D eigenvalue weighted by Gasteiger charge is 2.59. The third-order valence-electron chi connectivity index (χ3n) is 5.99. The van der Waals surface area contributed by atoms with Crippen molar-refractivity contribution in [1.29, 1.82) is 0 Å². The first kappa shape index (κ1) is 14.2. The van der Waals surface area contributed by atoms with Crippen LogP contribution in [0.25, 0.3) is 0 Å². The van der Waals surface area contributed by atoms with Gasteiger partial charge in [0.15, 0.2) is 5.78 Å². The minimum absolute atomic E-state index is 0.239. The predicted molar refractivity (Wildman–Crippen MR) is 75.4 cm³/mol. The van der Waals surface area contributed by atoms with Crippen molar-refractivity contribution in [2.45, 2.75) is 58.2 Å². The SMILES string of the molecule is CC1(C)OC(=O)C(C(=O)C23CC4CC(CC(C4)C2)C3)C(=O)O1. The first-order chi connectivity index (χ1) is 10.3. The van der Waals surface area contributed by atoms with Gasteiger partial charge < -0.3 is 9.47 Å². The van der Waals surface area contributed by atoms with Crippen molar-refractivity contribution in [3.8, 4) is 0 Å². The van der Waals surface area contributed by atoms with E-state index >= 15 is 0 Å².